The Bertz CT molecular complexity index is 1080. The van der Waals surface area contributed by atoms with Gasteiger partial charge in [0.05, 0.1) is 22.3 Å². The van der Waals surface area contributed by atoms with Gasteiger partial charge in [-0.3, -0.25) is 4.79 Å². The van der Waals surface area contributed by atoms with Crippen LogP contribution >= 0.6 is 11.3 Å². The van der Waals surface area contributed by atoms with Gasteiger partial charge in [0.1, 0.15) is 12.4 Å². The topological polar surface area (TPSA) is 51.2 Å². The van der Waals surface area contributed by atoms with Crippen molar-refractivity contribution >= 4 is 23.3 Å². The standard InChI is InChI=1S/C23H21F3N2O2S/c1-15(18-6-4-7-19(12-18)23(24,25)26)27-22(29)10-9-17-5-3-8-21(11-17)30-13-20-14-31-16(2)28-20/h3-12,14-15H,13H2,1-2H3,(H,27,29)/b10-9+/t15-/m1/s1. The van der Waals surface area contributed by atoms with Crippen LogP contribution in [0, 0.1) is 6.92 Å². The van der Waals surface area contributed by atoms with Crippen LogP contribution in [0.3, 0.4) is 0 Å². The summed E-state index contributed by atoms with van der Waals surface area (Å²) in [7, 11) is 0. The van der Waals surface area contributed by atoms with Crippen molar-refractivity contribution < 1.29 is 22.7 Å². The number of carbonyl (C=O) groups is 1. The molecular formula is C23H21F3N2O2S. The van der Waals surface area contributed by atoms with Crippen LogP contribution in [0.5, 0.6) is 5.75 Å². The van der Waals surface area contributed by atoms with Gasteiger partial charge >= 0.3 is 6.18 Å². The summed E-state index contributed by atoms with van der Waals surface area (Å²) in [6.07, 6.45) is -1.47. The van der Waals surface area contributed by atoms with Gasteiger partial charge < -0.3 is 10.1 Å². The Labute approximate surface area is 182 Å². The number of hydrogen-bond acceptors (Lipinski definition) is 4. The third-order valence-electron chi connectivity index (χ3n) is 4.41. The van der Waals surface area contributed by atoms with Gasteiger partial charge in [-0.15, -0.1) is 11.3 Å². The molecule has 31 heavy (non-hydrogen) atoms. The van der Waals surface area contributed by atoms with E-state index >= 15 is 0 Å². The van der Waals surface area contributed by atoms with E-state index in [4.69, 9.17) is 4.74 Å². The quantitative estimate of drug-likeness (QED) is 0.457. The predicted molar refractivity (Wildman–Crippen MR) is 115 cm³/mol. The molecule has 0 saturated heterocycles. The van der Waals surface area contributed by atoms with E-state index in [1.807, 2.05) is 30.5 Å². The molecule has 3 rings (SSSR count). The molecule has 2 aromatic carbocycles. The first-order valence-corrected chi connectivity index (χ1v) is 10.4. The predicted octanol–water partition coefficient (Wildman–Crippen LogP) is 5.94. The van der Waals surface area contributed by atoms with Crippen LogP contribution in [0.2, 0.25) is 0 Å². The van der Waals surface area contributed by atoms with E-state index in [0.717, 1.165) is 28.4 Å². The highest BCUT2D eigenvalue weighted by Gasteiger charge is 2.30. The number of ether oxygens (including phenoxy) is 1. The van der Waals surface area contributed by atoms with E-state index in [1.165, 1.54) is 12.1 Å². The number of halogens is 3. The maximum Gasteiger partial charge on any atom is 0.416 e. The molecule has 1 aromatic heterocycles. The lowest BCUT2D eigenvalue weighted by Crippen LogP contribution is -2.24. The van der Waals surface area contributed by atoms with Crippen molar-refractivity contribution in [3.05, 3.63) is 87.4 Å². The summed E-state index contributed by atoms with van der Waals surface area (Å²) in [5.41, 5.74) is 1.25. The Morgan fingerprint density at radius 1 is 1.23 bits per heavy atom. The van der Waals surface area contributed by atoms with Crippen molar-refractivity contribution in [3.8, 4) is 5.75 Å². The lowest BCUT2D eigenvalue weighted by molar-refractivity contribution is -0.137. The first-order chi connectivity index (χ1) is 14.7. The second kappa shape index (κ2) is 9.78. The number of nitrogens with one attached hydrogen (secondary N) is 1. The van der Waals surface area contributed by atoms with Crippen molar-refractivity contribution in [2.45, 2.75) is 32.7 Å². The summed E-state index contributed by atoms with van der Waals surface area (Å²) in [4.78, 5) is 16.6. The number of benzene rings is 2. The maximum atomic E-state index is 12.9. The molecular weight excluding hydrogens is 425 g/mol. The van der Waals surface area contributed by atoms with Gasteiger partial charge in [0.25, 0.3) is 0 Å². The van der Waals surface area contributed by atoms with Crippen molar-refractivity contribution in [2.24, 2.45) is 0 Å². The normalized spacial score (nSPS) is 12.7. The number of alkyl halides is 3. The zero-order valence-corrected chi connectivity index (χ0v) is 17.8. The SMILES string of the molecule is Cc1nc(COc2cccc(/C=C/C(=O)N[C@H](C)c3cccc(C(F)(F)F)c3)c2)cs1. The Balaban J connectivity index is 1.58. The lowest BCUT2D eigenvalue weighted by atomic mass is 10.0. The number of carbonyl (C=O) groups excluding carboxylic acids is 1. The zero-order valence-electron chi connectivity index (χ0n) is 16.9. The number of aryl methyl sites for hydroxylation is 1. The smallest absolute Gasteiger partial charge is 0.416 e. The molecule has 8 heteroatoms. The van der Waals surface area contributed by atoms with Gasteiger partial charge in [-0.25, -0.2) is 4.98 Å². The highest BCUT2D eigenvalue weighted by atomic mass is 32.1. The molecule has 0 bridgehead atoms. The highest BCUT2D eigenvalue weighted by molar-refractivity contribution is 7.09. The first kappa shape index (κ1) is 22.6. The average Bonchev–Trinajstić information content (AvgIpc) is 3.16. The number of thiazole rings is 1. The van der Waals surface area contributed by atoms with Gasteiger partial charge in [-0.1, -0.05) is 24.3 Å². The Morgan fingerprint density at radius 3 is 2.71 bits per heavy atom. The zero-order chi connectivity index (χ0) is 22.4. The minimum Gasteiger partial charge on any atom is -0.487 e. The lowest BCUT2D eigenvalue weighted by Gasteiger charge is -2.15. The van der Waals surface area contributed by atoms with Gasteiger partial charge in [-0.2, -0.15) is 13.2 Å². The van der Waals surface area contributed by atoms with Crippen molar-refractivity contribution in [1.82, 2.24) is 10.3 Å². The molecule has 0 radical (unpaired) electrons. The molecule has 0 aliphatic carbocycles. The Kier molecular flexibility index (Phi) is 7.12. The van der Waals surface area contributed by atoms with Crippen LogP contribution in [0.15, 0.2) is 60.0 Å². The number of amides is 1. The molecule has 3 aromatic rings. The van der Waals surface area contributed by atoms with Crippen LogP contribution in [0.25, 0.3) is 6.08 Å². The second-order valence-corrected chi connectivity index (χ2v) is 7.97. The summed E-state index contributed by atoms with van der Waals surface area (Å²) in [5.74, 6) is 0.236. The van der Waals surface area contributed by atoms with E-state index in [2.05, 4.69) is 10.3 Å². The van der Waals surface area contributed by atoms with Crippen LogP contribution in [0.1, 0.15) is 40.4 Å². The fraction of sp³-hybridized carbons (Fsp3) is 0.217. The van der Waals surface area contributed by atoms with Crippen molar-refractivity contribution in [1.29, 1.82) is 0 Å². The highest BCUT2D eigenvalue weighted by Crippen LogP contribution is 2.30. The molecule has 0 unspecified atom stereocenters. The van der Waals surface area contributed by atoms with Crippen LogP contribution in [-0.4, -0.2) is 10.9 Å². The molecule has 0 aliphatic heterocycles. The first-order valence-electron chi connectivity index (χ1n) is 9.50. The Morgan fingerprint density at radius 2 is 2.00 bits per heavy atom. The minimum absolute atomic E-state index is 0.354. The monoisotopic (exact) mass is 446 g/mol. The largest absolute Gasteiger partial charge is 0.487 e. The second-order valence-electron chi connectivity index (χ2n) is 6.91. The molecule has 0 fully saturated rings. The van der Waals surface area contributed by atoms with Crippen molar-refractivity contribution in [3.63, 3.8) is 0 Å². The van der Waals surface area contributed by atoms with Crippen LogP contribution < -0.4 is 10.1 Å². The molecule has 0 spiro atoms. The number of aromatic nitrogens is 1. The molecule has 0 aliphatic rings. The molecule has 1 amide bonds. The average molecular weight is 446 g/mol. The summed E-state index contributed by atoms with van der Waals surface area (Å²) < 4.78 is 44.4. The molecule has 0 saturated carbocycles. The van der Waals surface area contributed by atoms with Gasteiger partial charge in [0.15, 0.2) is 0 Å². The van der Waals surface area contributed by atoms with Crippen molar-refractivity contribution in [2.75, 3.05) is 0 Å². The van der Waals surface area contributed by atoms with E-state index in [9.17, 15) is 18.0 Å². The molecule has 162 valence electrons. The molecule has 4 nitrogen and oxygen atoms in total. The van der Waals surface area contributed by atoms with E-state index in [-0.39, 0.29) is 0 Å². The number of rotatable bonds is 7. The van der Waals surface area contributed by atoms with Gasteiger partial charge in [0, 0.05) is 11.5 Å². The minimum atomic E-state index is -4.43. The fourth-order valence-corrected chi connectivity index (χ4v) is 3.44. The van der Waals surface area contributed by atoms with Crippen LogP contribution in [-0.2, 0) is 17.6 Å². The van der Waals surface area contributed by atoms with Gasteiger partial charge in [-0.05, 0) is 55.3 Å². The summed E-state index contributed by atoms with van der Waals surface area (Å²) in [5, 5.41) is 5.59. The van der Waals surface area contributed by atoms with Gasteiger partial charge in [0.2, 0.25) is 5.91 Å². The number of nitrogens with zero attached hydrogens (tertiary/aromatic N) is 1. The summed E-state index contributed by atoms with van der Waals surface area (Å²) in [6.45, 7) is 3.92. The third-order valence-corrected chi connectivity index (χ3v) is 5.23. The Hall–Kier alpha value is -3.13. The van der Waals surface area contributed by atoms with Crippen LogP contribution in [0.4, 0.5) is 13.2 Å². The van der Waals surface area contributed by atoms with E-state index in [1.54, 1.807) is 36.5 Å². The van der Waals surface area contributed by atoms with E-state index in [0.29, 0.717) is 17.9 Å². The fourth-order valence-electron chi connectivity index (χ4n) is 2.84. The maximum absolute atomic E-state index is 12.9. The molecule has 1 N–H and O–H groups in total. The summed E-state index contributed by atoms with van der Waals surface area (Å²) in [6, 6.07) is 11.6. The number of hydrogen-bond donors (Lipinski definition) is 1. The van der Waals surface area contributed by atoms with E-state index < -0.39 is 23.7 Å². The molecule has 1 atom stereocenters. The summed E-state index contributed by atoms with van der Waals surface area (Å²) >= 11 is 1.56. The third kappa shape index (κ3) is 6.68. The molecule has 1 heterocycles.